The van der Waals surface area contributed by atoms with E-state index in [0.29, 0.717) is 19.5 Å². The van der Waals surface area contributed by atoms with E-state index in [9.17, 15) is 39.2 Å². The van der Waals surface area contributed by atoms with Gasteiger partial charge in [0.15, 0.2) is 19.2 Å². The van der Waals surface area contributed by atoms with E-state index in [2.05, 4.69) is 25.9 Å². The van der Waals surface area contributed by atoms with Crippen molar-refractivity contribution in [1.29, 1.82) is 0 Å². The second-order valence-electron chi connectivity index (χ2n) is 11.8. The van der Waals surface area contributed by atoms with Crippen LogP contribution in [-0.4, -0.2) is 123 Å². The third-order valence-electron chi connectivity index (χ3n) is 7.53. The number of benzene rings is 1. The zero-order chi connectivity index (χ0) is 35.3. The second kappa shape index (κ2) is 18.4. The lowest BCUT2D eigenvalue weighted by molar-refractivity contribution is -0.237. The van der Waals surface area contributed by atoms with Gasteiger partial charge in [0.2, 0.25) is 11.8 Å². The molecule has 1 aliphatic rings. The van der Waals surface area contributed by atoms with E-state index in [0.717, 1.165) is 5.56 Å². The molecule has 48 heavy (non-hydrogen) atoms. The Bertz CT molecular complexity index is 1360. The summed E-state index contributed by atoms with van der Waals surface area (Å²) < 4.78 is 23.4. The fourth-order valence-corrected chi connectivity index (χ4v) is 5.57. The van der Waals surface area contributed by atoms with Gasteiger partial charge in [0, 0.05) is 58.2 Å². The maximum atomic E-state index is 13.7. The van der Waals surface area contributed by atoms with Crippen molar-refractivity contribution < 1.29 is 53.4 Å². The third-order valence-corrected chi connectivity index (χ3v) is 8.90. The fourth-order valence-electron chi connectivity index (χ4n) is 4.94. The largest absolute Gasteiger partial charge is 0.776 e. The normalized spacial score (nSPS) is 18.1. The van der Waals surface area contributed by atoms with Gasteiger partial charge in [-0.25, -0.2) is 4.98 Å². The quantitative estimate of drug-likeness (QED) is 0.0559. The summed E-state index contributed by atoms with van der Waals surface area (Å²) in [4.78, 5) is 69.1. The first-order valence-electron chi connectivity index (χ1n) is 15.5. The lowest BCUT2D eigenvalue weighted by atomic mass is 9.73. The van der Waals surface area contributed by atoms with Gasteiger partial charge in [-0.15, -0.1) is 0 Å². The van der Waals surface area contributed by atoms with Crippen molar-refractivity contribution in [3.63, 3.8) is 0 Å². The van der Waals surface area contributed by atoms with E-state index in [1.807, 2.05) is 49.1 Å². The van der Waals surface area contributed by atoms with Gasteiger partial charge in [0.25, 0.3) is 5.91 Å². The van der Waals surface area contributed by atoms with E-state index in [1.165, 1.54) is 18.6 Å². The number of hydrogen-bond acceptors (Lipinski definition) is 13. The molecule has 7 N–H and O–H groups in total. The van der Waals surface area contributed by atoms with Gasteiger partial charge in [-0.05, 0) is 17.9 Å². The summed E-state index contributed by atoms with van der Waals surface area (Å²) in [5, 5.41) is 33.0. The van der Waals surface area contributed by atoms with Gasteiger partial charge in [0.1, 0.15) is 11.7 Å². The molecule has 19 heteroatoms. The molecular formula is C29H43BN6O11P-. The van der Waals surface area contributed by atoms with Crippen LogP contribution in [0.15, 0.2) is 48.9 Å². The SMILES string of the molecule is CC(C)CC(NC(=O)[C@@H](Cc1ccccc1)NC(=O)c1cnccn1)B1OCCN(CCNC(=O)CC(O)(C(O)O)P(=O)([O-])O)CCO1. The molecule has 1 saturated heterocycles. The minimum atomic E-state index is -5.69. The van der Waals surface area contributed by atoms with Gasteiger partial charge in [0.05, 0.1) is 18.6 Å². The molecule has 3 unspecified atom stereocenters. The van der Waals surface area contributed by atoms with Gasteiger partial charge in [-0.1, -0.05) is 44.2 Å². The van der Waals surface area contributed by atoms with Crippen LogP contribution < -0.4 is 20.8 Å². The zero-order valence-electron chi connectivity index (χ0n) is 26.8. The lowest BCUT2D eigenvalue weighted by Gasteiger charge is -2.36. The molecular weight excluding hydrogens is 650 g/mol. The van der Waals surface area contributed by atoms with Gasteiger partial charge < -0.3 is 54.9 Å². The summed E-state index contributed by atoms with van der Waals surface area (Å²) in [6.45, 7) is 5.48. The van der Waals surface area contributed by atoms with Crippen molar-refractivity contribution in [3.8, 4) is 0 Å². The number of nitrogens with zero attached hydrogens (tertiary/aromatic N) is 3. The van der Waals surface area contributed by atoms with Crippen LogP contribution in [0.2, 0.25) is 0 Å². The first-order chi connectivity index (χ1) is 22.7. The molecule has 3 amide bonds. The van der Waals surface area contributed by atoms with E-state index in [-0.39, 0.29) is 44.3 Å². The molecule has 2 aromatic rings. The van der Waals surface area contributed by atoms with Crippen molar-refractivity contribution in [2.75, 3.05) is 39.4 Å². The Morgan fingerprint density at radius 1 is 1.10 bits per heavy atom. The number of aliphatic hydroxyl groups excluding tert-OH is 1. The van der Waals surface area contributed by atoms with Crippen molar-refractivity contribution in [1.82, 2.24) is 30.8 Å². The topological polar surface area (TPSA) is 256 Å². The number of aromatic nitrogens is 2. The standard InChI is InChI=1S/C29H44BN6O11P/c1-20(2)16-24(35-26(38)22(17-21-6-4-3-5-7-21)34-27(39)23-19-31-8-9-32-23)30-46-14-12-36(13-15-47-30)11-10-33-25(37)18-29(42,28(40)41)48(43,44)45/h3-9,19-20,22,24,28,40-42H,10-18H2,1-2H3,(H,33,37)(H,34,39)(H,35,38)(H2,43,44,45)/p-1/t22-,24?,29?/m1/s1. The first-order valence-corrected chi connectivity index (χ1v) is 17.0. The highest BCUT2D eigenvalue weighted by Crippen LogP contribution is 2.48. The number of aliphatic hydroxyl groups is 3. The number of carbonyl (C=O) groups excluding carboxylic acids is 3. The average molecular weight is 693 g/mol. The van der Waals surface area contributed by atoms with Crippen LogP contribution in [0.25, 0.3) is 0 Å². The number of rotatable bonds is 16. The number of hydrogen-bond donors (Lipinski definition) is 7. The Morgan fingerprint density at radius 3 is 2.33 bits per heavy atom. The molecule has 264 valence electrons. The molecule has 0 saturated carbocycles. The maximum Gasteiger partial charge on any atom is 0.480 e. The molecule has 1 aromatic heterocycles. The molecule has 3 rings (SSSR count). The zero-order valence-corrected chi connectivity index (χ0v) is 27.7. The van der Waals surface area contributed by atoms with E-state index in [4.69, 9.17) is 14.2 Å². The average Bonchev–Trinajstić information content (AvgIpc) is 3.01. The Balaban J connectivity index is 1.58. The van der Waals surface area contributed by atoms with Crippen LogP contribution in [0.3, 0.4) is 0 Å². The van der Waals surface area contributed by atoms with Crippen LogP contribution in [0.5, 0.6) is 0 Å². The van der Waals surface area contributed by atoms with Crippen molar-refractivity contribution >= 4 is 32.4 Å². The Kier molecular flexibility index (Phi) is 15.0. The summed E-state index contributed by atoms with van der Waals surface area (Å²) in [6, 6.07) is 8.32. The van der Waals surface area contributed by atoms with Crippen molar-refractivity contribution in [2.45, 2.75) is 56.7 Å². The van der Waals surface area contributed by atoms with Crippen LogP contribution in [0, 0.1) is 5.92 Å². The number of amides is 3. The Labute approximate surface area is 278 Å². The van der Waals surface area contributed by atoms with Gasteiger partial charge in [-0.2, -0.15) is 0 Å². The molecule has 0 radical (unpaired) electrons. The molecule has 1 fully saturated rings. The van der Waals surface area contributed by atoms with Crippen LogP contribution in [0.1, 0.15) is 42.7 Å². The molecule has 4 atom stereocenters. The summed E-state index contributed by atoms with van der Waals surface area (Å²) >= 11 is 0. The minimum absolute atomic E-state index is 0.00354. The molecule has 1 aliphatic heterocycles. The monoisotopic (exact) mass is 693 g/mol. The minimum Gasteiger partial charge on any atom is -0.776 e. The lowest BCUT2D eigenvalue weighted by Crippen LogP contribution is -2.57. The molecule has 0 bridgehead atoms. The highest BCUT2D eigenvalue weighted by molar-refractivity contribution is 7.52. The van der Waals surface area contributed by atoms with Crippen molar-refractivity contribution in [3.05, 3.63) is 60.2 Å². The summed E-state index contributed by atoms with van der Waals surface area (Å²) in [5.74, 6) is -2.40. The number of nitrogens with one attached hydrogen (secondary N) is 3. The van der Waals surface area contributed by atoms with Gasteiger partial charge >= 0.3 is 7.12 Å². The van der Waals surface area contributed by atoms with Crippen LogP contribution >= 0.6 is 7.60 Å². The summed E-state index contributed by atoms with van der Waals surface area (Å²) in [7, 11) is -6.48. The second-order valence-corrected chi connectivity index (χ2v) is 13.6. The Hall–Kier alpha value is -3.32. The molecule has 0 spiro atoms. The molecule has 1 aromatic carbocycles. The Morgan fingerprint density at radius 2 is 1.77 bits per heavy atom. The van der Waals surface area contributed by atoms with Crippen molar-refractivity contribution in [2.24, 2.45) is 5.92 Å². The summed E-state index contributed by atoms with van der Waals surface area (Å²) in [6.07, 6.45) is 0.705. The highest BCUT2D eigenvalue weighted by Gasteiger charge is 2.46. The van der Waals surface area contributed by atoms with E-state index >= 15 is 0 Å². The predicted molar refractivity (Wildman–Crippen MR) is 170 cm³/mol. The van der Waals surface area contributed by atoms with E-state index < -0.39 is 62.5 Å². The fraction of sp³-hybridized carbons (Fsp3) is 0.552. The maximum absolute atomic E-state index is 13.7. The summed E-state index contributed by atoms with van der Waals surface area (Å²) in [5.41, 5.74) is 0.912. The molecule has 17 nitrogen and oxygen atoms in total. The highest BCUT2D eigenvalue weighted by atomic mass is 31.2. The number of carbonyl (C=O) groups is 3. The van der Waals surface area contributed by atoms with Crippen LogP contribution in [0.4, 0.5) is 0 Å². The predicted octanol–water partition coefficient (Wildman–Crippen LogP) is -2.22. The van der Waals surface area contributed by atoms with E-state index in [1.54, 1.807) is 0 Å². The van der Waals surface area contributed by atoms with Gasteiger partial charge in [-0.3, -0.25) is 24.3 Å². The smallest absolute Gasteiger partial charge is 0.480 e. The molecule has 0 aliphatic carbocycles. The third kappa shape index (κ3) is 12.0. The first kappa shape index (κ1) is 39.1. The molecule has 2 heterocycles. The van der Waals surface area contributed by atoms with Crippen LogP contribution in [-0.2, 0) is 29.9 Å².